The highest BCUT2D eigenvalue weighted by molar-refractivity contribution is 6.30. The van der Waals surface area contributed by atoms with Crippen LogP contribution in [0.2, 0.25) is 5.02 Å². The van der Waals surface area contributed by atoms with E-state index in [0.29, 0.717) is 49.1 Å². The number of ether oxygens (including phenoxy) is 1. The van der Waals surface area contributed by atoms with E-state index in [0.717, 1.165) is 12.0 Å². The summed E-state index contributed by atoms with van der Waals surface area (Å²) in [6, 6.07) is 14.4. The highest BCUT2D eigenvalue weighted by Crippen LogP contribution is 2.22. The van der Waals surface area contributed by atoms with Crippen molar-refractivity contribution in [3.63, 3.8) is 0 Å². The molecule has 0 aromatic heterocycles. The Morgan fingerprint density at radius 3 is 2.50 bits per heavy atom. The largest absolute Gasteiger partial charge is 0.496 e. The summed E-state index contributed by atoms with van der Waals surface area (Å²) in [6.45, 7) is 2.58. The number of hydrogen-bond donors (Lipinski definition) is 1. The van der Waals surface area contributed by atoms with Crippen molar-refractivity contribution in [1.29, 1.82) is 0 Å². The van der Waals surface area contributed by atoms with Crippen molar-refractivity contribution >= 4 is 23.5 Å². The van der Waals surface area contributed by atoms with Crippen molar-refractivity contribution in [1.82, 2.24) is 15.1 Å². The molecule has 0 bridgehead atoms. The van der Waals surface area contributed by atoms with Gasteiger partial charge in [-0.1, -0.05) is 29.8 Å². The molecular weight excluding hydrogens is 378 g/mol. The average Bonchev–Trinajstić information content (AvgIpc) is 2.98. The second-order valence-electron chi connectivity index (χ2n) is 6.61. The lowest BCUT2D eigenvalue weighted by atomic mass is 10.2. The van der Waals surface area contributed by atoms with Crippen LogP contribution in [0.25, 0.3) is 0 Å². The molecule has 0 radical (unpaired) electrons. The standard InChI is InChI=1S/C21H24ClN3O3/c1-28-19-9-8-18(22)14-17(19)15-23-21(27)25-11-5-10-24(12-13-25)20(26)16-6-3-2-4-7-16/h2-4,6-9,14H,5,10-13,15H2,1H3,(H,23,27). The highest BCUT2D eigenvalue weighted by atomic mass is 35.5. The average molecular weight is 402 g/mol. The third-order valence-corrected chi connectivity index (χ3v) is 5.00. The number of nitrogens with one attached hydrogen (secondary N) is 1. The predicted octanol–water partition coefficient (Wildman–Crippen LogP) is 3.41. The van der Waals surface area contributed by atoms with Crippen molar-refractivity contribution in [2.75, 3.05) is 33.3 Å². The van der Waals surface area contributed by atoms with Gasteiger partial charge in [0, 0.05) is 48.9 Å². The number of carbonyl (C=O) groups is 2. The van der Waals surface area contributed by atoms with Crippen LogP contribution < -0.4 is 10.1 Å². The fourth-order valence-corrected chi connectivity index (χ4v) is 3.45. The zero-order valence-electron chi connectivity index (χ0n) is 15.9. The van der Waals surface area contributed by atoms with Gasteiger partial charge in [0.2, 0.25) is 0 Å². The van der Waals surface area contributed by atoms with Gasteiger partial charge in [-0.25, -0.2) is 4.79 Å². The van der Waals surface area contributed by atoms with E-state index in [1.807, 2.05) is 35.2 Å². The summed E-state index contributed by atoms with van der Waals surface area (Å²) >= 11 is 6.04. The molecule has 1 heterocycles. The predicted molar refractivity (Wildman–Crippen MR) is 109 cm³/mol. The van der Waals surface area contributed by atoms with Gasteiger partial charge in [0.15, 0.2) is 0 Å². The molecule has 0 aliphatic carbocycles. The van der Waals surface area contributed by atoms with Gasteiger partial charge < -0.3 is 19.9 Å². The van der Waals surface area contributed by atoms with Gasteiger partial charge in [-0.15, -0.1) is 0 Å². The maximum Gasteiger partial charge on any atom is 0.317 e. The Balaban J connectivity index is 1.56. The minimum atomic E-state index is -0.156. The number of amides is 3. The smallest absolute Gasteiger partial charge is 0.317 e. The minimum Gasteiger partial charge on any atom is -0.496 e. The number of carbonyl (C=O) groups excluding carboxylic acids is 2. The third kappa shape index (κ3) is 4.95. The zero-order chi connectivity index (χ0) is 19.9. The minimum absolute atomic E-state index is 0.00604. The Hall–Kier alpha value is -2.73. The first kappa shape index (κ1) is 20.0. The van der Waals surface area contributed by atoms with Crippen LogP contribution >= 0.6 is 11.6 Å². The van der Waals surface area contributed by atoms with E-state index in [1.54, 1.807) is 30.2 Å². The Morgan fingerprint density at radius 2 is 1.75 bits per heavy atom. The number of halogens is 1. The molecular formula is C21H24ClN3O3. The van der Waals surface area contributed by atoms with Gasteiger partial charge in [0.25, 0.3) is 5.91 Å². The summed E-state index contributed by atoms with van der Waals surface area (Å²) in [4.78, 5) is 28.8. The molecule has 0 unspecified atom stereocenters. The van der Waals surface area contributed by atoms with E-state index in [2.05, 4.69) is 5.32 Å². The topological polar surface area (TPSA) is 61.9 Å². The van der Waals surface area contributed by atoms with Crippen LogP contribution in [0.4, 0.5) is 4.79 Å². The molecule has 2 aromatic carbocycles. The molecule has 0 atom stereocenters. The second-order valence-corrected chi connectivity index (χ2v) is 7.05. The van der Waals surface area contributed by atoms with Crippen LogP contribution in [-0.2, 0) is 6.54 Å². The normalized spacial score (nSPS) is 14.4. The summed E-state index contributed by atoms with van der Waals surface area (Å²) in [6.07, 6.45) is 0.743. The quantitative estimate of drug-likeness (QED) is 0.854. The Kier molecular flexibility index (Phi) is 6.76. The molecule has 1 fully saturated rings. The summed E-state index contributed by atoms with van der Waals surface area (Å²) in [5.74, 6) is 0.687. The Labute approximate surface area is 170 Å². The van der Waals surface area contributed by atoms with Gasteiger partial charge >= 0.3 is 6.03 Å². The van der Waals surface area contributed by atoms with Crippen molar-refractivity contribution in [2.45, 2.75) is 13.0 Å². The first-order valence-electron chi connectivity index (χ1n) is 9.28. The van der Waals surface area contributed by atoms with Crippen molar-refractivity contribution in [3.05, 3.63) is 64.7 Å². The molecule has 1 aliphatic heterocycles. The number of hydrogen-bond acceptors (Lipinski definition) is 3. The molecule has 6 nitrogen and oxygen atoms in total. The number of urea groups is 1. The lowest BCUT2D eigenvalue weighted by molar-refractivity contribution is 0.0762. The lowest BCUT2D eigenvalue weighted by Crippen LogP contribution is -2.42. The maximum absolute atomic E-state index is 12.6. The fourth-order valence-electron chi connectivity index (χ4n) is 3.25. The molecule has 7 heteroatoms. The molecule has 1 N–H and O–H groups in total. The van der Waals surface area contributed by atoms with Crippen molar-refractivity contribution in [2.24, 2.45) is 0 Å². The van der Waals surface area contributed by atoms with Crippen LogP contribution in [0.3, 0.4) is 0 Å². The van der Waals surface area contributed by atoms with E-state index < -0.39 is 0 Å². The van der Waals surface area contributed by atoms with Gasteiger partial charge in [-0.2, -0.15) is 0 Å². The first-order valence-corrected chi connectivity index (χ1v) is 9.66. The van der Waals surface area contributed by atoms with Gasteiger partial charge in [0.05, 0.1) is 7.11 Å². The van der Waals surface area contributed by atoms with Crippen LogP contribution in [0.1, 0.15) is 22.3 Å². The lowest BCUT2D eigenvalue weighted by Gasteiger charge is -2.23. The van der Waals surface area contributed by atoms with Crippen LogP contribution in [0.5, 0.6) is 5.75 Å². The fraction of sp³-hybridized carbons (Fsp3) is 0.333. The van der Waals surface area contributed by atoms with Gasteiger partial charge in [-0.3, -0.25) is 4.79 Å². The number of benzene rings is 2. The molecule has 1 saturated heterocycles. The SMILES string of the molecule is COc1ccc(Cl)cc1CNC(=O)N1CCCN(C(=O)c2ccccc2)CC1. The van der Waals surface area contributed by atoms with Crippen molar-refractivity contribution < 1.29 is 14.3 Å². The molecule has 0 saturated carbocycles. The Morgan fingerprint density at radius 1 is 1.04 bits per heavy atom. The van der Waals surface area contributed by atoms with E-state index in [1.165, 1.54) is 0 Å². The highest BCUT2D eigenvalue weighted by Gasteiger charge is 2.22. The number of methoxy groups -OCH3 is 1. The summed E-state index contributed by atoms with van der Waals surface area (Å²) in [5.41, 5.74) is 1.49. The number of rotatable bonds is 4. The number of nitrogens with zero attached hydrogens (tertiary/aromatic N) is 2. The van der Waals surface area contributed by atoms with Gasteiger partial charge in [-0.05, 0) is 36.8 Å². The first-order chi connectivity index (χ1) is 13.6. The molecule has 0 spiro atoms. The summed E-state index contributed by atoms with van der Waals surface area (Å²) in [7, 11) is 1.59. The molecule has 28 heavy (non-hydrogen) atoms. The Bertz CT molecular complexity index is 829. The second kappa shape index (κ2) is 9.46. The van der Waals surface area contributed by atoms with Gasteiger partial charge in [0.1, 0.15) is 5.75 Å². The van der Waals surface area contributed by atoms with Crippen molar-refractivity contribution in [3.8, 4) is 5.75 Å². The molecule has 3 rings (SSSR count). The third-order valence-electron chi connectivity index (χ3n) is 4.76. The zero-order valence-corrected chi connectivity index (χ0v) is 16.6. The molecule has 148 valence electrons. The van der Waals surface area contributed by atoms with E-state index in [-0.39, 0.29) is 11.9 Å². The summed E-state index contributed by atoms with van der Waals surface area (Å²) < 4.78 is 5.31. The molecule has 3 amide bonds. The maximum atomic E-state index is 12.6. The van der Waals surface area contributed by atoms with E-state index in [4.69, 9.17) is 16.3 Å². The van der Waals surface area contributed by atoms with Crippen LogP contribution in [0.15, 0.2) is 48.5 Å². The molecule has 1 aliphatic rings. The monoisotopic (exact) mass is 401 g/mol. The van der Waals surface area contributed by atoms with Crippen LogP contribution in [-0.4, -0.2) is 55.0 Å². The molecule has 2 aromatic rings. The van der Waals surface area contributed by atoms with Crippen LogP contribution in [0, 0.1) is 0 Å². The van der Waals surface area contributed by atoms with E-state index >= 15 is 0 Å². The summed E-state index contributed by atoms with van der Waals surface area (Å²) in [5, 5.41) is 3.51. The van der Waals surface area contributed by atoms with E-state index in [9.17, 15) is 9.59 Å².